The van der Waals surface area contributed by atoms with Gasteiger partial charge in [0.15, 0.2) is 0 Å². The van der Waals surface area contributed by atoms with Crippen LogP contribution in [0.2, 0.25) is 0 Å². The molecule has 0 spiro atoms. The molecule has 0 radical (unpaired) electrons. The van der Waals surface area contributed by atoms with Gasteiger partial charge in [-0.1, -0.05) is 12.1 Å². The van der Waals surface area contributed by atoms with Crippen LogP contribution in [-0.2, 0) is 6.54 Å². The zero-order valence-electron chi connectivity index (χ0n) is 12.4. The van der Waals surface area contributed by atoms with Gasteiger partial charge >= 0.3 is 0 Å². The standard InChI is InChI=1S/C17H21N3O/c1-21-16-6-4-5-14(11-16)12-18-15-7-8-17(19-13-15)20-9-2-3-10-20/h4-8,11,13,18H,2-3,9-10,12H2,1H3. The number of methoxy groups -OCH3 is 1. The van der Waals surface area contributed by atoms with E-state index >= 15 is 0 Å². The third-order valence-corrected chi connectivity index (χ3v) is 3.81. The number of benzene rings is 1. The van der Waals surface area contributed by atoms with E-state index in [1.165, 1.54) is 18.4 Å². The van der Waals surface area contributed by atoms with Crippen molar-refractivity contribution in [3.8, 4) is 5.75 Å². The van der Waals surface area contributed by atoms with Gasteiger partial charge in [-0.25, -0.2) is 4.98 Å². The van der Waals surface area contributed by atoms with E-state index in [1.54, 1.807) is 7.11 Å². The van der Waals surface area contributed by atoms with Gasteiger partial charge in [-0.05, 0) is 42.7 Å². The number of aromatic nitrogens is 1. The van der Waals surface area contributed by atoms with Gasteiger partial charge in [0, 0.05) is 19.6 Å². The molecule has 1 saturated heterocycles. The van der Waals surface area contributed by atoms with Gasteiger partial charge in [0.2, 0.25) is 0 Å². The van der Waals surface area contributed by atoms with E-state index in [2.05, 4.69) is 33.4 Å². The molecule has 1 aliphatic rings. The summed E-state index contributed by atoms with van der Waals surface area (Å²) in [6.45, 7) is 3.02. The van der Waals surface area contributed by atoms with Gasteiger partial charge in [0.1, 0.15) is 11.6 Å². The third-order valence-electron chi connectivity index (χ3n) is 3.81. The molecule has 4 heteroatoms. The Hall–Kier alpha value is -2.23. The zero-order valence-corrected chi connectivity index (χ0v) is 12.4. The van der Waals surface area contributed by atoms with E-state index in [-0.39, 0.29) is 0 Å². The molecule has 1 aliphatic heterocycles. The summed E-state index contributed by atoms with van der Waals surface area (Å²) in [5.41, 5.74) is 2.23. The Morgan fingerprint density at radius 3 is 2.76 bits per heavy atom. The minimum absolute atomic E-state index is 0.766. The number of pyridine rings is 1. The number of nitrogens with one attached hydrogen (secondary N) is 1. The Kier molecular flexibility index (Phi) is 4.24. The first-order valence-electron chi connectivity index (χ1n) is 7.43. The minimum Gasteiger partial charge on any atom is -0.497 e. The topological polar surface area (TPSA) is 37.4 Å². The summed E-state index contributed by atoms with van der Waals surface area (Å²) >= 11 is 0. The SMILES string of the molecule is COc1cccc(CNc2ccc(N3CCCC3)nc2)c1. The summed E-state index contributed by atoms with van der Waals surface area (Å²) in [6, 6.07) is 12.3. The Labute approximate surface area is 125 Å². The molecule has 1 N–H and O–H groups in total. The van der Waals surface area contributed by atoms with E-state index < -0.39 is 0 Å². The number of hydrogen-bond donors (Lipinski definition) is 1. The molecule has 21 heavy (non-hydrogen) atoms. The first-order chi connectivity index (χ1) is 10.3. The molecular formula is C17H21N3O. The summed E-state index contributed by atoms with van der Waals surface area (Å²) in [7, 11) is 1.69. The van der Waals surface area contributed by atoms with Crippen LogP contribution in [0.3, 0.4) is 0 Å². The molecule has 0 saturated carbocycles. The molecule has 0 atom stereocenters. The quantitative estimate of drug-likeness (QED) is 0.913. The highest BCUT2D eigenvalue weighted by molar-refractivity contribution is 5.49. The van der Waals surface area contributed by atoms with Crippen molar-refractivity contribution < 1.29 is 4.74 Å². The predicted molar refractivity (Wildman–Crippen MR) is 86.0 cm³/mol. The third kappa shape index (κ3) is 3.45. The van der Waals surface area contributed by atoms with E-state index in [1.807, 2.05) is 24.4 Å². The van der Waals surface area contributed by atoms with Gasteiger partial charge in [0.05, 0.1) is 19.0 Å². The van der Waals surface area contributed by atoms with Crippen LogP contribution in [0.25, 0.3) is 0 Å². The maximum atomic E-state index is 5.23. The van der Waals surface area contributed by atoms with Crippen LogP contribution in [0, 0.1) is 0 Å². The molecule has 1 aromatic heterocycles. The summed E-state index contributed by atoms with van der Waals surface area (Å²) in [5.74, 6) is 1.97. The van der Waals surface area contributed by atoms with Crippen molar-refractivity contribution in [1.82, 2.24) is 4.98 Å². The van der Waals surface area contributed by atoms with Crippen molar-refractivity contribution in [2.24, 2.45) is 0 Å². The maximum Gasteiger partial charge on any atom is 0.128 e. The number of ether oxygens (including phenoxy) is 1. The van der Waals surface area contributed by atoms with E-state index in [0.717, 1.165) is 36.9 Å². The van der Waals surface area contributed by atoms with Crippen molar-refractivity contribution in [2.45, 2.75) is 19.4 Å². The second-order valence-electron chi connectivity index (χ2n) is 5.30. The minimum atomic E-state index is 0.766. The molecule has 0 amide bonds. The molecule has 2 heterocycles. The summed E-state index contributed by atoms with van der Waals surface area (Å²) in [5, 5.41) is 3.39. The molecule has 0 unspecified atom stereocenters. The van der Waals surface area contributed by atoms with Gasteiger partial charge in [0.25, 0.3) is 0 Å². The van der Waals surface area contributed by atoms with E-state index in [0.29, 0.717) is 0 Å². The lowest BCUT2D eigenvalue weighted by Gasteiger charge is -2.16. The maximum absolute atomic E-state index is 5.23. The van der Waals surface area contributed by atoms with Crippen molar-refractivity contribution in [1.29, 1.82) is 0 Å². The first kappa shape index (κ1) is 13.7. The first-order valence-corrected chi connectivity index (χ1v) is 7.43. The summed E-state index contributed by atoms with van der Waals surface area (Å²) in [4.78, 5) is 6.88. The fourth-order valence-corrected chi connectivity index (χ4v) is 2.61. The second-order valence-corrected chi connectivity index (χ2v) is 5.30. The predicted octanol–water partition coefficient (Wildman–Crippen LogP) is 3.30. The summed E-state index contributed by atoms with van der Waals surface area (Å²) in [6.07, 6.45) is 4.46. The van der Waals surface area contributed by atoms with Crippen LogP contribution in [0.4, 0.5) is 11.5 Å². The highest BCUT2D eigenvalue weighted by Gasteiger charge is 2.12. The number of nitrogens with zero attached hydrogens (tertiary/aromatic N) is 2. The molecule has 1 fully saturated rings. The van der Waals surface area contributed by atoms with E-state index in [4.69, 9.17) is 4.74 Å². The highest BCUT2D eigenvalue weighted by Crippen LogP contribution is 2.20. The van der Waals surface area contributed by atoms with Crippen molar-refractivity contribution in [3.63, 3.8) is 0 Å². The Morgan fingerprint density at radius 1 is 1.19 bits per heavy atom. The van der Waals surface area contributed by atoms with Gasteiger partial charge in [-0.2, -0.15) is 0 Å². The fourth-order valence-electron chi connectivity index (χ4n) is 2.61. The molecule has 0 aliphatic carbocycles. The lowest BCUT2D eigenvalue weighted by molar-refractivity contribution is 0.414. The van der Waals surface area contributed by atoms with Crippen LogP contribution >= 0.6 is 0 Å². The Bertz CT molecular complexity index is 577. The van der Waals surface area contributed by atoms with Gasteiger partial charge in [-0.3, -0.25) is 0 Å². The van der Waals surface area contributed by atoms with Gasteiger partial charge in [-0.15, -0.1) is 0 Å². The number of hydrogen-bond acceptors (Lipinski definition) is 4. The summed E-state index contributed by atoms with van der Waals surface area (Å²) < 4.78 is 5.23. The normalized spacial score (nSPS) is 14.2. The molecule has 2 aromatic rings. The van der Waals surface area contributed by atoms with Crippen LogP contribution in [0.1, 0.15) is 18.4 Å². The second kappa shape index (κ2) is 6.48. The van der Waals surface area contributed by atoms with Crippen LogP contribution in [-0.4, -0.2) is 25.2 Å². The lowest BCUT2D eigenvalue weighted by Crippen LogP contribution is -2.18. The van der Waals surface area contributed by atoms with Crippen molar-refractivity contribution in [2.75, 3.05) is 30.4 Å². The molecule has 3 rings (SSSR count). The smallest absolute Gasteiger partial charge is 0.128 e. The monoisotopic (exact) mass is 283 g/mol. The number of rotatable bonds is 5. The van der Waals surface area contributed by atoms with E-state index in [9.17, 15) is 0 Å². The average molecular weight is 283 g/mol. The molecular weight excluding hydrogens is 262 g/mol. The van der Waals surface area contributed by atoms with Crippen LogP contribution in [0.15, 0.2) is 42.6 Å². The zero-order chi connectivity index (χ0) is 14.5. The number of anilines is 2. The molecule has 0 bridgehead atoms. The molecule has 110 valence electrons. The highest BCUT2D eigenvalue weighted by atomic mass is 16.5. The largest absolute Gasteiger partial charge is 0.497 e. The molecule has 1 aromatic carbocycles. The van der Waals surface area contributed by atoms with Gasteiger partial charge < -0.3 is 15.0 Å². The molecule has 4 nitrogen and oxygen atoms in total. The average Bonchev–Trinajstić information content (AvgIpc) is 3.08. The fraction of sp³-hybridized carbons (Fsp3) is 0.353. The van der Waals surface area contributed by atoms with Crippen molar-refractivity contribution >= 4 is 11.5 Å². The van der Waals surface area contributed by atoms with Crippen LogP contribution < -0.4 is 15.0 Å². The Balaban J connectivity index is 1.59. The van der Waals surface area contributed by atoms with Crippen molar-refractivity contribution in [3.05, 3.63) is 48.2 Å². The Morgan fingerprint density at radius 2 is 2.05 bits per heavy atom. The van der Waals surface area contributed by atoms with Crippen LogP contribution in [0.5, 0.6) is 5.75 Å². The lowest BCUT2D eigenvalue weighted by atomic mass is 10.2.